The Bertz CT molecular complexity index is 1310. The fourth-order valence-electron chi connectivity index (χ4n) is 13.1. The molecule has 0 radical (unpaired) electrons. The minimum atomic E-state index is -1.25. The van der Waals surface area contributed by atoms with Crippen LogP contribution in [0.3, 0.4) is 0 Å². The number of aliphatic carboxylic acids is 1. The summed E-state index contributed by atoms with van der Waals surface area (Å²) in [5.74, 6) is 2.17. The Hall–Kier alpha value is -1.46. The second-order valence-corrected chi connectivity index (χ2v) is 19.2. The van der Waals surface area contributed by atoms with Crippen LogP contribution in [-0.4, -0.2) is 40.5 Å². The summed E-state index contributed by atoms with van der Waals surface area (Å²) in [5, 5.41) is 24.8. The quantitative estimate of drug-likeness (QED) is 0.192. The lowest BCUT2D eigenvalue weighted by Crippen LogP contribution is -2.61. The van der Waals surface area contributed by atoms with E-state index in [1.54, 1.807) is 0 Å². The van der Waals surface area contributed by atoms with E-state index >= 15 is 0 Å². The van der Waals surface area contributed by atoms with E-state index < -0.39 is 23.7 Å². The van der Waals surface area contributed by atoms with Crippen molar-refractivity contribution in [3.05, 3.63) is 35.5 Å². The predicted molar refractivity (Wildman–Crippen MR) is 194 cm³/mol. The fraction of sp³-hybridized carbons (Fsp3) is 0.837. The molecule has 6 rings (SSSR count). The van der Waals surface area contributed by atoms with Gasteiger partial charge >= 0.3 is 5.97 Å². The summed E-state index contributed by atoms with van der Waals surface area (Å²) in [7, 11) is 0. The molecular formula is C43H68FNO3. The number of hydrogen-bond acceptors (Lipinski definition) is 3. The highest BCUT2D eigenvalue weighted by molar-refractivity contribution is 5.75. The molecule has 0 aromatic carbocycles. The lowest BCUT2D eigenvalue weighted by Gasteiger charge is -2.62. The van der Waals surface area contributed by atoms with Gasteiger partial charge in [0.15, 0.2) is 0 Å². The SMILES string of the molecule is C=C(C)[C@@H]1CC[C@]2(NCCC3(O)CCC3)CC[C@@]3(C)C[C@@H]([C@@]4(C)CC=C(C5=CC[C@](CF)(C(=O)O)CC5)C(C)(C)[C@@H]4CCC)CC[C@@H]3[C@@H]12. The molecule has 0 spiro atoms. The molecular weight excluding hydrogens is 597 g/mol. The first-order valence-corrected chi connectivity index (χ1v) is 19.9. The highest BCUT2D eigenvalue weighted by atomic mass is 19.1. The van der Waals surface area contributed by atoms with Gasteiger partial charge in [-0.25, -0.2) is 4.39 Å². The Morgan fingerprint density at radius 1 is 1.02 bits per heavy atom. The van der Waals surface area contributed by atoms with Crippen molar-refractivity contribution in [2.75, 3.05) is 13.2 Å². The van der Waals surface area contributed by atoms with Crippen LogP contribution in [0, 0.1) is 51.2 Å². The van der Waals surface area contributed by atoms with E-state index in [0.29, 0.717) is 54.3 Å². The number of aliphatic hydroxyl groups is 1. The molecule has 0 saturated heterocycles. The number of carboxylic acids is 1. The molecule has 3 N–H and O–H groups in total. The van der Waals surface area contributed by atoms with Gasteiger partial charge in [0, 0.05) is 5.54 Å². The van der Waals surface area contributed by atoms with Crippen molar-refractivity contribution >= 4 is 5.97 Å². The standard InChI is InChI=1S/C43H68FNO3/c1-8-10-35-38(4,5)33(30-13-20-41(28-44,21-14-30)37(46)47)16-19-40(35,7)31-11-12-34-36-32(29(2)3)15-22-43(36,24-23-39(34,6)27-31)45-26-25-42(48)17-9-18-42/h13,16,31-32,34-36,45,48H,2,8-12,14-15,17-28H2,1,3-7H3,(H,46,47)/t31-,32-,34+,35-,36+,39-,40+,41-,43-/m0/s1. The number of halogens is 1. The number of hydrogen-bond donors (Lipinski definition) is 3. The highest BCUT2D eigenvalue weighted by Crippen LogP contribution is 2.68. The van der Waals surface area contributed by atoms with E-state index in [2.05, 4.69) is 65.6 Å². The molecule has 0 amide bonds. The number of allylic oxidation sites excluding steroid dienone is 5. The zero-order valence-corrected chi connectivity index (χ0v) is 31.4. The third-order valence-electron chi connectivity index (χ3n) is 16.3. The Kier molecular flexibility index (Phi) is 9.80. The highest BCUT2D eigenvalue weighted by Gasteiger charge is 2.62. The smallest absolute Gasteiger partial charge is 0.312 e. The zero-order valence-electron chi connectivity index (χ0n) is 31.4. The number of carboxylic acid groups (broad SMARTS) is 1. The Balaban J connectivity index is 1.24. The van der Waals surface area contributed by atoms with Crippen molar-refractivity contribution in [1.82, 2.24) is 5.32 Å². The molecule has 0 aromatic heterocycles. The Labute approximate surface area is 291 Å². The minimum absolute atomic E-state index is 0.0157. The third kappa shape index (κ3) is 5.91. The van der Waals surface area contributed by atoms with Crippen LogP contribution in [0.15, 0.2) is 35.5 Å². The Morgan fingerprint density at radius 2 is 1.77 bits per heavy atom. The van der Waals surface area contributed by atoms with Crippen LogP contribution < -0.4 is 5.32 Å². The molecule has 6 aliphatic carbocycles. The Morgan fingerprint density at radius 3 is 2.35 bits per heavy atom. The van der Waals surface area contributed by atoms with Crippen LogP contribution in [0.2, 0.25) is 0 Å². The second-order valence-electron chi connectivity index (χ2n) is 19.2. The van der Waals surface area contributed by atoms with Gasteiger partial charge in [-0.05, 0) is 173 Å². The molecule has 0 aromatic rings. The van der Waals surface area contributed by atoms with E-state index in [1.807, 2.05) is 0 Å². The summed E-state index contributed by atoms with van der Waals surface area (Å²) < 4.78 is 14.0. The van der Waals surface area contributed by atoms with Gasteiger partial charge in [-0.3, -0.25) is 4.79 Å². The number of fused-ring (bicyclic) bond motifs is 3. The van der Waals surface area contributed by atoms with Crippen molar-refractivity contribution in [2.45, 2.75) is 162 Å². The molecule has 0 aliphatic heterocycles. The maximum absolute atomic E-state index is 14.0. The summed E-state index contributed by atoms with van der Waals surface area (Å²) >= 11 is 0. The third-order valence-corrected chi connectivity index (χ3v) is 16.3. The summed E-state index contributed by atoms with van der Waals surface area (Å²) in [6, 6.07) is 0. The van der Waals surface area contributed by atoms with Gasteiger partial charge in [-0.2, -0.15) is 0 Å². The van der Waals surface area contributed by atoms with Crippen LogP contribution in [0.25, 0.3) is 0 Å². The number of alkyl halides is 1. The average Bonchev–Trinajstić information content (AvgIpc) is 3.42. The number of rotatable bonds is 11. The van der Waals surface area contributed by atoms with Gasteiger partial charge in [-0.15, -0.1) is 0 Å². The van der Waals surface area contributed by atoms with Crippen molar-refractivity contribution < 1.29 is 19.4 Å². The molecule has 0 bridgehead atoms. The van der Waals surface area contributed by atoms with Gasteiger partial charge in [-0.1, -0.05) is 65.3 Å². The van der Waals surface area contributed by atoms with Gasteiger partial charge in [0.2, 0.25) is 0 Å². The molecule has 4 fully saturated rings. The monoisotopic (exact) mass is 666 g/mol. The number of carbonyl (C=O) groups is 1. The second kappa shape index (κ2) is 12.9. The normalized spacial score (nSPS) is 43.3. The fourth-order valence-corrected chi connectivity index (χ4v) is 13.1. The van der Waals surface area contributed by atoms with Crippen LogP contribution in [-0.2, 0) is 4.79 Å². The number of nitrogens with one attached hydrogen (secondary N) is 1. The van der Waals surface area contributed by atoms with E-state index in [-0.39, 0.29) is 16.4 Å². The summed E-state index contributed by atoms with van der Waals surface area (Å²) in [5.41, 5.74) is 3.10. The van der Waals surface area contributed by atoms with Gasteiger partial charge < -0.3 is 15.5 Å². The van der Waals surface area contributed by atoms with E-state index in [1.165, 1.54) is 74.5 Å². The molecule has 9 atom stereocenters. The molecule has 270 valence electrons. The molecule has 6 aliphatic rings. The predicted octanol–water partition coefficient (Wildman–Crippen LogP) is 10.4. The minimum Gasteiger partial charge on any atom is -0.481 e. The summed E-state index contributed by atoms with van der Waals surface area (Å²) in [4.78, 5) is 12.0. The molecule has 4 saturated carbocycles. The van der Waals surface area contributed by atoms with Gasteiger partial charge in [0.25, 0.3) is 0 Å². The van der Waals surface area contributed by atoms with E-state index in [4.69, 9.17) is 0 Å². The van der Waals surface area contributed by atoms with Gasteiger partial charge in [0.1, 0.15) is 6.67 Å². The lowest BCUT2D eigenvalue weighted by atomic mass is 9.43. The molecule has 5 heteroatoms. The van der Waals surface area contributed by atoms with Crippen molar-refractivity contribution in [3.8, 4) is 0 Å². The van der Waals surface area contributed by atoms with Crippen LogP contribution in [0.4, 0.5) is 4.39 Å². The van der Waals surface area contributed by atoms with Crippen LogP contribution in [0.5, 0.6) is 0 Å². The summed E-state index contributed by atoms with van der Waals surface area (Å²) in [6.07, 6.45) is 22.3. The maximum Gasteiger partial charge on any atom is 0.312 e. The van der Waals surface area contributed by atoms with Gasteiger partial charge in [0.05, 0.1) is 11.0 Å². The van der Waals surface area contributed by atoms with E-state index in [0.717, 1.165) is 38.6 Å². The topological polar surface area (TPSA) is 69.6 Å². The van der Waals surface area contributed by atoms with E-state index in [9.17, 15) is 19.4 Å². The van der Waals surface area contributed by atoms with Crippen molar-refractivity contribution in [1.29, 1.82) is 0 Å². The first-order chi connectivity index (χ1) is 22.6. The average molecular weight is 666 g/mol. The zero-order chi connectivity index (χ0) is 34.8. The maximum atomic E-state index is 14.0. The molecule has 48 heavy (non-hydrogen) atoms. The molecule has 0 unspecified atom stereocenters. The summed E-state index contributed by atoms with van der Waals surface area (Å²) in [6.45, 7) is 19.5. The lowest BCUT2D eigenvalue weighted by molar-refractivity contribution is -0.150. The molecule has 4 nitrogen and oxygen atoms in total. The molecule has 0 heterocycles. The first kappa shape index (κ1) is 36.3. The first-order valence-electron chi connectivity index (χ1n) is 19.9. The van der Waals surface area contributed by atoms with Crippen LogP contribution >= 0.6 is 0 Å². The largest absolute Gasteiger partial charge is 0.481 e. The van der Waals surface area contributed by atoms with Crippen LogP contribution in [0.1, 0.15) is 151 Å². The van der Waals surface area contributed by atoms with Crippen molar-refractivity contribution in [2.24, 2.45) is 51.2 Å². The van der Waals surface area contributed by atoms with Crippen molar-refractivity contribution in [3.63, 3.8) is 0 Å².